The first-order chi connectivity index (χ1) is 6.20. The molecule has 0 unspecified atom stereocenters. The zero-order valence-corrected chi connectivity index (χ0v) is 7.13. The summed E-state index contributed by atoms with van der Waals surface area (Å²) in [6.07, 6.45) is -1.64. The smallest absolute Gasteiger partial charge is 0.112 e. The predicted octanol–water partition coefficient (Wildman–Crippen LogP) is -1.98. The van der Waals surface area contributed by atoms with Crippen molar-refractivity contribution >= 4 is 0 Å². The van der Waals surface area contributed by atoms with Crippen LogP contribution in [0.1, 0.15) is 0 Å². The Balaban J connectivity index is 2.71. The molecule has 0 amide bonds. The number of rotatable bonds is 2. The first kappa shape index (κ1) is 10.6. The highest BCUT2D eigenvalue weighted by atomic mass is 16.5. The molecule has 0 aromatic rings. The van der Waals surface area contributed by atoms with Crippen molar-refractivity contribution in [3.63, 3.8) is 0 Å². The molecule has 0 fully saturated rings. The molecule has 1 aliphatic rings. The molecule has 1 rings (SSSR count). The number of aliphatic hydroxyl groups is 4. The van der Waals surface area contributed by atoms with Gasteiger partial charge < -0.3 is 25.2 Å². The van der Waals surface area contributed by atoms with Gasteiger partial charge in [-0.25, -0.2) is 0 Å². The maximum atomic E-state index is 9.45. The van der Waals surface area contributed by atoms with Gasteiger partial charge in [-0.2, -0.15) is 0 Å². The van der Waals surface area contributed by atoms with Gasteiger partial charge in [-0.1, -0.05) is 6.08 Å². The summed E-state index contributed by atoms with van der Waals surface area (Å²) >= 11 is 0. The van der Waals surface area contributed by atoms with Gasteiger partial charge in [0.1, 0.15) is 18.3 Å². The highest BCUT2D eigenvalue weighted by Crippen LogP contribution is 2.15. The molecule has 1 aliphatic heterocycles. The summed E-state index contributed by atoms with van der Waals surface area (Å²) in [5, 5.41) is 36.5. The van der Waals surface area contributed by atoms with Gasteiger partial charge in [0.2, 0.25) is 0 Å². The van der Waals surface area contributed by atoms with E-state index in [1.165, 1.54) is 6.08 Å². The Kier molecular flexibility index (Phi) is 3.83. The van der Waals surface area contributed by atoms with E-state index in [1.807, 2.05) is 0 Å². The summed E-state index contributed by atoms with van der Waals surface area (Å²) in [4.78, 5) is 0. The first-order valence-electron chi connectivity index (χ1n) is 4.09. The molecule has 76 valence electrons. The molecule has 3 atom stereocenters. The number of aliphatic hydroxyl groups excluding tert-OH is 4. The molecule has 5 nitrogen and oxygen atoms in total. The number of hydrogen-bond donors (Lipinski definition) is 4. The van der Waals surface area contributed by atoms with Crippen molar-refractivity contribution in [3.05, 3.63) is 11.6 Å². The van der Waals surface area contributed by atoms with Gasteiger partial charge in [0.25, 0.3) is 0 Å². The molecule has 0 aromatic heterocycles. The van der Waals surface area contributed by atoms with Gasteiger partial charge in [-0.15, -0.1) is 0 Å². The zero-order valence-electron chi connectivity index (χ0n) is 7.13. The zero-order chi connectivity index (χ0) is 9.84. The van der Waals surface area contributed by atoms with Crippen LogP contribution < -0.4 is 0 Å². The van der Waals surface area contributed by atoms with Crippen LogP contribution in [0.2, 0.25) is 0 Å². The van der Waals surface area contributed by atoms with Gasteiger partial charge in [0.05, 0.1) is 19.8 Å². The lowest BCUT2D eigenvalue weighted by Gasteiger charge is -2.23. The number of ether oxygens (including phenoxy) is 1. The average Bonchev–Trinajstić information content (AvgIpc) is 2.28. The van der Waals surface area contributed by atoms with E-state index in [4.69, 9.17) is 14.9 Å². The summed E-state index contributed by atoms with van der Waals surface area (Å²) in [5.74, 6) is 0. The number of hydrogen-bond acceptors (Lipinski definition) is 5. The lowest BCUT2D eigenvalue weighted by Crippen LogP contribution is -2.41. The van der Waals surface area contributed by atoms with Crippen LogP contribution in [0.15, 0.2) is 11.6 Å². The van der Waals surface area contributed by atoms with Crippen LogP contribution in [-0.4, -0.2) is 58.6 Å². The molecular weight excluding hydrogens is 176 g/mol. The third-order valence-corrected chi connectivity index (χ3v) is 2.10. The van der Waals surface area contributed by atoms with E-state index in [2.05, 4.69) is 0 Å². The van der Waals surface area contributed by atoms with Gasteiger partial charge in [-0.05, 0) is 5.57 Å². The third kappa shape index (κ3) is 2.26. The van der Waals surface area contributed by atoms with Gasteiger partial charge in [0, 0.05) is 0 Å². The molecule has 0 radical (unpaired) electrons. The van der Waals surface area contributed by atoms with E-state index in [9.17, 15) is 10.2 Å². The van der Waals surface area contributed by atoms with E-state index < -0.39 is 18.3 Å². The van der Waals surface area contributed by atoms with E-state index >= 15 is 0 Å². The molecule has 5 heteroatoms. The minimum atomic E-state index is -1.19. The summed E-state index contributed by atoms with van der Waals surface area (Å²) in [6.45, 7) is -0.500. The Labute approximate surface area is 75.9 Å². The molecule has 0 bridgehead atoms. The monoisotopic (exact) mass is 190 g/mol. The summed E-state index contributed by atoms with van der Waals surface area (Å²) in [5.41, 5.74) is 0.323. The summed E-state index contributed by atoms with van der Waals surface area (Å²) < 4.78 is 5.02. The molecule has 4 N–H and O–H groups in total. The maximum Gasteiger partial charge on any atom is 0.112 e. The van der Waals surface area contributed by atoms with E-state index in [1.54, 1.807) is 0 Å². The molecular formula is C8H14O5. The second kappa shape index (κ2) is 4.69. The van der Waals surface area contributed by atoms with E-state index in [0.29, 0.717) is 5.57 Å². The van der Waals surface area contributed by atoms with Crippen LogP contribution in [-0.2, 0) is 4.74 Å². The van der Waals surface area contributed by atoms with Crippen LogP contribution in [0.3, 0.4) is 0 Å². The van der Waals surface area contributed by atoms with Crippen molar-refractivity contribution in [2.45, 2.75) is 18.3 Å². The Bertz CT molecular complexity index is 191. The predicted molar refractivity (Wildman–Crippen MR) is 44.0 cm³/mol. The summed E-state index contributed by atoms with van der Waals surface area (Å²) in [6, 6.07) is 0. The quantitative estimate of drug-likeness (QED) is 0.379. The van der Waals surface area contributed by atoms with Gasteiger partial charge >= 0.3 is 0 Å². The SMILES string of the molecule is OCC1=CCO[C@H](CO)[C@H](O)[C@H]1O. The Morgan fingerprint density at radius 3 is 2.62 bits per heavy atom. The van der Waals surface area contributed by atoms with Crippen LogP contribution in [0.5, 0.6) is 0 Å². The van der Waals surface area contributed by atoms with Gasteiger partial charge in [-0.3, -0.25) is 0 Å². The third-order valence-electron chi connectivity index (χ3n) is 2.10. The average molecular weight is 190 g/mol. The molecule has 0 aromatic carbocycles. The van der Waals surface area contributed by atoms with E-state index in [-0.39, 0.29) is 19.8 Å². The summed E-state index contributed by atoms with van der Waals surface area (Å²) in [7, 11) is 0. The second-order valence-electron chi connectivity index (χ2n) is 2.93. The normalized spacial score (nSPS) is 35.4. The topological polar surface area (TPSA) is 90.2 Å². The molecule has 0 saturated carbocycles. The minimum absolute atomic E-state index is 0.176. The fourth-order valence-electron chi connectivity index (χ4n) is 1.24. The largest absolute Gasteiger partial charge is 0.394 e. The second-order valence-corrected chi connectivity index (χ2v) is 2.93. The van der Waals surface area contributed by atoms with Crippen LogP contribution in [0.4, 0.5) is 0 Å². The van der Waals surface area contributed by atoms with Crippen LogP contribution in [0, 0.1) is 0 Å². The van der Waals surface area contributed by atoms with Crippen LogP contribution in [0.25, 0.3) is 0 Å². The Morgan fingerprint density at radius 1 is 1.38 bits per heavy atom. The van der Waals surface area contributed by atoms with E-state index in [0.717, 1.165) is 0 Å². The van der Waals surface area contributed by atoms with Crippen molar-refractivity contribution in [1.82, 2.24) is 0 Å². The van der Waals surface area contributed by atoms with Crippen molar-refractivity contribution in [2.24, 2.45) is 0 Å². The molecule has 0 saturated heterocycles. The van der Waals surface area contributed by atoms with Crippen molar-refractivity contribution in [3.8, 4) is 0 Å². The van der Waals surface area contributed by atoms with Crippen molar-refractivity contribution in [1.29, 1.82) is 0 Å². The lowest BCUT2D eigenvalue weighted by atomic mass is 10.0. The van der Waals surface area contributed by atoms with Gasteiger partial charge in [0.15, 0.2) is 0 Å². The fourth-order valence-corrected chi connectivity index (χ4v) is 1.24. The lowest BCUT2D eigenvalue weighted by molar-refractivity contribution is -0.0860. The first-order valence-corrected chi connectivity index (χ1v) is 4.09. The fraction of sp³-hybridized carbons (Fsp3) is 0.750. The van der Waals surface area contributed by atoms with Crippen LogP contribution >= 0.6 is 0 Å². The highest BCUT2D eigenvalue weighted by Gasteiger charge is 2.30. The standard InChI is InChI=1S/C8H14O5/c9-3-5-1-2-13-6(4-10)8(12)7(5)11/h1,6-12H,2-4H2/t6-,7+,8+/m1/s1. The Hall–Kier alpha value is -0.460. The maximum absolute atomic E-state index is 9.45. The minimum Gasteiger partial charge on any atom is -0.394 e. The highest BCUT2D eigenvalue weighted by molar-refractivity contribution is 5.13. The van der Waals surface area contributed by atoms with Crippen molar-refractivity contribution < 1.29 is 25.2 Å². The van der Waals surface area contributed by atoms with Crippen molar-refractivity contribution in [2.75, 3.05) is 19.8 Å². The molecule has 13 heavy (non-hydrogen) atoms. The molecule has 0 aliphatic carbocycles. The molecule has 0 spiro atoms. The Morgan fingerprint density at radius 2 is 2.08 bits per heavy atom. The molecule has 1 heterocycles.